The van der Waals surface area contributed by atoms with Crippen LogP contribution in [0.25, 0.3) is 22.6 Å². The molecule has 0 spiro atoms. The molecule has 0 atom stereocenters. The van der Waals surface area contributed by atoms with Gasteiger partial charge in [0.15, 0.2) is 17.4 Å². The van der Waals surface area contributed by atoms with Crippen LogP contribution in [0.2, 0.25) is 0 Å². The molecule has 0 saturated heterocycles. The number of H-pyrrole nitrogens is 1. The van der Waals surface area contributed by atoms with E-state index < -0.39 is 11.6 Å². The summed E-state index contributed by atoms with van der Waals surface area (Å²) < 4.78 is 39.1. The molecular formula is C27H20F2N6O2. The van der Waals surface area contributed by atoms with Gasteiger partial charge in [-0.15, -0.1) is 0 Å². The van der Waals surface area contributed by atoms with E-state index in [1.165, 1.54) is 12.1 Å². The van der Waals surface area contributed by atoms with Gasteiger partial charge in [0.2, 0.25) is 0 Å². The van der Waals surface area contributed by atoms with Gasteiger partial charge < -0.3 is 14.2 Å². The van der Waals surface area contributed by atoms with Crippen molar-refractivity contribution in [2.75, 3.05) is 0 Å². The number of rotatable bonds is 7. The second-order valence-corrected chi connectivity index (χ2v) is 8.47. The molecule has 0 unspecified atom stereocenters. The molecule has 1 aliphatic rings. The van der Waals surface area contributed by atoms with Gasteiger partial charge >= 0.3 is 0 Å². The third-order valence-corrected chi connectivity index (χ3v) is 5.88. The molecule has 3 aromatic heterocycles. The molecule has 1 aliphatic heterocycles. The van der Waals surface area contributed by atoms with E-state index in [-0.39, 0.29) is 11.4 Å². The number of nitrogens with one attached hydrogen (secondary N) is 1. The van der Waals surface area contributed by atoms with Crippen LogP contribution in [0.1, 0.15) is 22.7 Å². The fraction of sp³-hybridized carbons (Fsp3) is 0.111. The molecule has 0 radical (unpaired) electrons. The number of fused-ring (bicyclic) bond motifs is 1. The molecule has 37 heavy (non-hydrogen) atoms. The zero-order valence-electron chi connectivity index (χ0n) is 19.4. The lowest BCUT2D eigenvalue weighted by Crippen LogP contribution is -2.21. The number of benzene rings is 2. The Bertz CT molecular complexity index is 1560. The average Bonchev–Trinajstić information content (AvgIpc) is 3.57. The molecule has 5 aromatic rings. The lowest BCUT2D eigenvalue weighted by Gasteiger charge is -2.19. The minimum Gasteiger partial charge on any atom is -0.489 e. The Labute approximate surface area is 210 Å². The minimum absolute atomic E-state index is 0.0720. The van der Waals surface area contributed by atoms with Crippen LogP contribution in [0.15, 0.2) is 82.7 Å². The molecule has 0 saturated carbocycles. The monoisotopic (exact) mass is 498 g/mol. The van der Waals surface area contributed by atoms with Crippen LogP contribution >= 0.6 is 0 Å². The Morgan fingerprint density at radius 3 is 2.78 bits per heavy atom. The third kappa shape index (κ3) is 4.81. The Hall–Kier alpha value is -4.86. The predicted octanol–water partition coefficient (Wildman–Crippen LogP) is 5.33. The van der Waals surface area contributed by atoms with Crippen molar-refractivity contribution in [3.8, 4) is 28.4 Å². The second kappa shape index (κ2) is 9.65. The van der Waals surface area contributed by atoms with Crippen LogP contribution in [-0.4, -0.2) is 31.3 Å². The number of halogens is 2. The first-order chi connectivity index (χ1) is 18.1. The highest BCUT2D eigenvalue weighted by Gasteiger charge is 2.21. The first kappa shape index (κ1) is 22.6. The molecule has 1 N–H and O–H groups in total. The first-order valence-corrected chi connectivity index (χ1v) is 11.5. The molecule has 4 heterocycles. The summed E-state index contributed by atoms with van der Waals surface area (Å²) >= 11 is 0. The van der Waals surface area contributed by atoms with Crippen molar-refractivity contribution in [1.82, 2.24) is 25.1 Å². The number of imidazole rings is 1. The van der Waals surface area contributed by atoms with Gasteiger partial charge in [0.25, 0.3) is 0 Å². The normalized spacial score (nSPS) is 12.5. The first-order valence-electron chi connectivity index (χ1n) is 11.5. The highest BCUT2D eigenvalue weighted by molar-refractivity contribution is 5.80. The maximum absolute atomic E-state index is 14.2. The summed E-state index contributed by atoms with van der Waals surface area (Å²) in [6.07, 6.45) is 5.10. The van der Waals surface area contributed by atoms with Crippen molar-refractivity contribution in [1.29, 1.82) is 0 Å². The Balaban J connectivity index is 1.09. The maximum Gasteiger partial charge on any atom is 0.169 e. The van der Waals surface area contributed by atoms with Crippen molar-refractivity contribution in [3.63, 3.8) is 0 Å². The van der Waals surface area contributed by atoms with Gasteiger partial charge in [-0.25, -0.2) is 13.8 Å². The van der Waals surface area contributed by atoms with Gasteiger partial charge in [0.1, 0.15) is 23.9 Å². The molecule has 184 valence electrons. The van der Waals surface area contributed by atoms with E-state index in [9.17, 15) is 8.78 Å². The maximum atomic E-state index is 14.2. The summed E-state index contributed by atoms with van der Waals surface area (Å²) in [6, 6.07) is 17.3. The smallest absolute Gasteiger partial charge is 0.169 e. The van der Waals surface area contributed by atoms with Crippen molar-refractivity contribution in [2.45, 2.75) is 19.7 Å². The van der Waals surface area contributed by atoms with Gasteiger partial charge in [0.05, 0.1) is 36.3 Å². The highest BCUT2D eigenvalue weighted by atomic mass is 19.2. The largest absolute Gasteiger partial charge is 0.489 e. The lowest BCUT2D eigenvalue weighted by atomic mass is 10.1. The molecule has 6 rings (SSSR count). The second-order valence-electron chi connectivity index (χ2n) is 8.47. The standard InChI is InChI=1S/C27H20F2N6O2/c28-22-5-1-4-21(26(22)29)27-32-24-13-31-35(15-25(24)33-27)14-20-11-23(34-37-20)18-6-8-19(9-7-18)36-16-17-3-2-10-30-12-17/h1-13H,14-16H2,(H,32,33). The van der Waals surface area contributed by atoms with Crippen molar-refractivity contribution in [2.24, 2.45) is 5.10 Å². The van der Waals surface area contributed by atoms with Crippen LogP contribution in [-0.2, 0) is 19.7 Å². The number of hydrogen-bond acceptors (Lipinski definition) is 7. The van der Waals surface area contributed by atoms with E-state index in [0.29, 0.717) is 42.5 Å². The zero-order valence-corrected chi connectivity index (χ0v) is 19.4. The van der Waals surface area contributed by atoms with Crippen molar-refractivity contribution in [3.05, 3.63) is 107 Å². The van der Waals surface area contributed by atoms with Crippen LogP contribution < -0.4 is 4.74 Å². The summed E-state index contributed by atoms with van der Waals surface area (Å²) in [4.78, 5) is 11.5. The van der Waals surface area contributed by atoms with Crippen LogP contribution in [0, 0.1) is 11.6 Å². The van der Waals surface area contributed by atoms with Crippen LogP contribution in [0.5, 0.6) is 5.75 Å². The number of aromatic amines is 1. The predicted molar refractivity (Wildman–Crippen MR) is 131 cm³/mol. The number of hydrazone groups is 1. The fourth-order valence-electron chi connectivity index (χ4n) is 3.99. The van der Waals surface area contributed by atoms with E-state index in [1.54, 1.807) is 23.6 Å². The lowest BCUT2D eigenvalue weighted by molar-refractivity contribution is 0.229. The summed E-state index contributed by atoms with van der Waals surface area (Å²) in [5.74, 6) is -0.240. The SMILES string of the molecule is Fc1cccc(-c2nc3c([nH]2)C=NN(Cc2cc(-c4ccc(OCc5cccnc5)cc4)no2)C3)c1F. The van der Waals surface area contributed by atoms with E-state index >= 15 is 0 Å². The number of ether oxygens (including phenoxy) is 1. The number of nitrogens with zero attached hydrogens (tertiary/aromatic N) is 5. The summed E-state index contributed by atoms with van der Waals surface area (Å²) in [5, 5.41) is 10.4. The van der Waals surface area contributed by atoms with E-state index in [2.05, 4.69) is 25.2 Å². The molecular weight excluding hydrogens is 478 g/mol. The van der Waals surface area contributed by atoms with Gasteiger partial charge in [-0.1, -0.05) is 17.3 Å². The number of aromatic nitrogens is 4. The topological polar surface area (TPSA) is 92.4 Å². The summed E-state index contributed by atoms with van der Waals surface area (Å²) in [7, 11) is 0. The van der Waals surface area contributed by atoms with Crippen molar-refractivity contribution < 1.29 is 18.0 Å². The van der Waals surface area contributed by atoms with E-state index in [1.807, 2.05) is 42.5 Å². The molecule has 2 aromatic carbocycles. The van der Waals surface area contributed by atoms with Gasteiger partial charge in [-0.2, -0.15) is 5.10 Å². The molecule has 0 amide bonds. The van der Waals surface area contributed by atoms with Gasteiger partial charge in [0, 0.05) is 29.6 Å². The summed E-state index contributed by atoms with van der Waals surface area (Å²) in [6.45, 7) is 1.18. The number of hydrogen-bond donors (Lipinski definition) is 1. The molecule has 10 heteroatoms. The van der Waals surface area contributed by atoms with E-state index in [0.717, 1.165) is 22.9 Å². The molecule has 0 fully saturated rings. The average molecular weight is 498 g/mol. The van der Waals surface area contributed by atoms with Crippen LogP contribution in [0.3, 0.4) is 0 Å². The zero-order chi connectivity index (χ0) is 25.2. The number of pyridine rings is 1. The van der Waals surface area contributed by atoms with Gasteiger partial charge in [-0.05, 0) is 42.5 Å². The summed E-state index contributed by atoms with van der Waals surface area (Å²) in [5.41, 5.74) is 3.98. The molecule has 0 aliphatic carbocycles. The van der Waals surface area contributed by atoms with E-state index in [4.69, 9.17) is 9.26 Å². The quantitative estimate of drug-likeness (QED) is 0.326. The molecule has 0 bridgehead atoms. The van der Waals surface area contributed by atoms with Crippen molar-refractivity contribution >= 4 is 6.21 Å². The minimum atomic E-state index is -0.940. The van der Waals surface area contributed by atoms with Gasteiger partial charge in [-0.3, -0.25) is 9.99 Å². The van der Waals surface area contributed by atoms with Crippen LogP contribution in [0.4, 0.5) is 8.78 Å². The third-order valence-electron chi connectivity index (χ3n) is 5.88. The Morgan fingerprint density at radius 2 is 1.95 bits per heavy atom. The Kier molecular flexibility index (Phi) is 5.89. The fourth-order valence-corrected chi connectivity index (χ4v) is 3.99. The highest BCUT2D eigenvalue weighted by Crippen LogP contribution is 2.27. The Morgan fingerprint density at radius 1 is 1.05 bits per heavy atom. The molecule has 8 nitrogen and oxygen atoms in total.